The quantitative estimate of drug-likeness (QED) is 0.216. The molecule has 0 aromatic heterocycles. The van der Waals surface area contributed by atoms with Crippen molar-refractivity contribution in [1.82, 2.24) is 9.73 Å². The van der Waals surface area contributed by atoms with E-state index in [1.165, 1.54) is 25.5 Å². The summed E-state index contributed by atoms with van der Waals surface area (Å²) in [5, 5.41) is 3.98. The molecule has 3 aromatic rings. The average molecular weight is 508 g/mol. The molecule has 0 unspecified atom stereocenters. The summed E-state index contributed by atoms with van der Waals surface area (Å²) >= 11 is 0. The number of amides is 1. The van der Waals surface area contributed by atoms with Gasteiger partial charge in [-0.15, -0.1) is 0 Å². The number of carbonyl (C=O) groups excluding carboxylic acids is 1. The predicted octanol–water partition coefficient (Wildman–Crippen LogP) is 3.64. The standard InChI is InChI=1S/C27H29N3O5S/c1-3-18-35-25-15-14-23(19-26(25)34-2)20-28-29-27(31)21-30(17-16-22-10-6-4-7-11-22)36(32,33)24-12-8-5-9-13-24/h3-15,19-20H,1,16-18,21H2,2H3,(H,29,31)/b28-20+. The maximum absolute atomic E-state index is 13.2. The Morgan fingerprint density at radius 3 is 2.39 bits per heavy atom. The molecule has 9 heteroatoms. The highest BCUT2D eigenvalue weighted by atomic mass is 32.2. The molecule has 0 saturated heterocycles. The number of sulfonamides is 1. The van der Waals surface area contributed by atoms with Crippen LogP contribution in [-0.2, 0) is 21.2 Å². The van der Waals surface area contributed by atoms with Gasteiger partial charge in [-0.3, -0.25) is 4.79 Å². The molecule has 0 bridgehead atoms. The number of nitrogens with zero attached hydrogens (tertiary/aromatic N) is 2. The minimum atomic E-state index is -3.88. The van der Waals surface area contributed by atoms with Crippen molar-refractivity contribution in [2.75, 3.05) is 26.8 Å². The summed E-state index contributed by atoms with van der Waals surface area (Å²) in [5.74, 6) is 0.503. The lowest BCUT2D eigenvalue weighted by Crippen LogP contribution is -2.40. The first kappa shape index (κ1) is 26.7. The maximum Gasteiger partial charge on any atom is 0.255 e. The Bertz CT molecular complexity index is 1280. The minimum Gasteiger partial charge on any atom is -0.493 e. The Kier molecular flexibility index (Phi) is 9.79. The molecular formula is C27H29N3O5S. The minimum absolute atomic E-state index is 0.125. The van der Waals surface area contributed by atoms with Crippen molar-refractivity contribution in [3.8, 4) is 11.5 Å². The zero-order chi connectivity index (χ0) is 25.8. The van der Waals surface area contributed by atoms with E-state index in [2.05, 4.69) is 17.1 Å². The maximum atomic E-state index is 13.2. The SMILES string of the molecule is C=CCOc1ccc(/C=N/NC(=O)CN(CCc2ccccc2)S(=O)(=O)c2ccccc2)cc1OC. The molecule has 0 aliphatic rings. The average Bonchev–Trinajstić information content (AvgIpc) is 2.91. The molecule has 1 N–H and O–H groups in total. The summed E-state index contributed by atoms with van der Waals surface area (Å²) < 4.78 is 38.5. The van der Waals surface area contributed by atoms with Crippen LogP contribution in [0, 0.1) is 0 Å². The first-order valence-electron chi connectivity index (χ1n) is 11.3. The molecule has 0 heterocycles. The van der Waals surface area contributed by atoms with Gasteiger partial charge in [-0.1, -0.05) is 61.2 Å². The van der Waals surface area contributed by atoms with Gasteiger partial charge in [0.25, 0.3) is 5.91 Å². The molecule has 0 radical (unpaired) electrons. The van der Waals surface area contributed by atoms with Crippen LogP contribution in [0.4, 0.5) is 0 Å². The zero-order valence-corrected chi connectivity index (χ0v) is 20.9. The van der Waals surface area contributed by atoms with E-state index in [0.717, 1.165) is 9.87 Å². The Morgan fingerprint density at radius 2 is 1.72 bits per heavy atom. The molecule has 3 aromatic carbocycles. The number of methoxy groups -OCH3 is 1. The van der Waals surface area contributed by atoms with Crippen LogP contribution < -0.4 is 14.9 Å². The van der Waals surface area contributed by atoms with Crippen LogP contribution in [0.25, 0.3) is 0 Å². The molecular weight excluding hydrogens is 478 g/mol. The third-order valence-corrected chi connectivity index (χ3v) is 7.00. The summed E-state index contributed by atoms with van der Waals surface area (Å²) in [6, 6.07) is 22.7. The second kappa shape index (κ2) is 13.2. The van der Waals surface area contributed by atoms with E-state index in [1.807, 2.05) is 30.3 Å². The fraction of sp³-hybridized carbons (Fsp3) is 0.185. The molecule has 36 heavy (non-hydrogen) atoms. The van der Waals surface area contributed by atoms with Crippen LogP contribution in [0.1, 0.15) is 11.1 Å². The molecule has 188 valence electrons. The van der Waals surface area contributed by atoms with Crippen molar-refractivity contribution in [3.05, 3.63) is 103 Å². The number of hydrogen-bond acceptors (Lipinski definition) is 6. The molecule has 1 amide bonds. The number of ether oxygens (including phenoxy) is 2. The van der Waals surface area contributed by atoms with Crippen LogP contribution in [0.15, 0.2) is 102 Å². The molecule has 0 atom stereocenters. The van der Waals surface area contributed by atoms with Crippen molar-refractivity contribution < 1.29 is 22.7 Å². The molecule has 0 spiro atoms. The van der Waals surface area contributed by atoms with E-state index < -0.39 is 15.9 Å². The van der Waals surface area contributed by atoms with E-state index >= 15 is 0 Å². The van der Waals surface area contributed by atoms with Crippen molar-refractivity contribution in [3.63, 3.8) is 0 Å². The summed E-state index contributed by atoms with van der Waals surface area (Å²) in [6.07, 6.45) is 3.53. The highest BCUT2D eigenvalue weighted by Gasteiger charge is 2.26. The van der Waals surface area contributed by atoms with E-state index in [0.29, 0.717) is 30.1 Å². The highest BCUT2D eigenvalue weighted by Crippen LogP contribution is 2.27. The number of hydrazone groups is 1. The predicted molar refractivity (Wildman–Crippen MR) is 140 cm³/mol. The van der Waals surface area contributed by atoms with Crippen LogP contribution in [0.5, 0.6) is 11.5 Å². The summed E-state index contributed by atoms with van der Waals surface area (Å²) in [6.45, 7) is 3.72. The van der Waals surface area contributed by atoms with Gasteiger partial charge >= 0.3 is 0 Å². The van der Waals surface area contributed by atoms with E-state index in [-0.39, 0.29) is 18.0 Å². The van der Waals surface area contributed by atoms with Crippen LogP contribution in [0.3, 0.4) is 0 Å². The van der Waals surface area contributed by atoms with Gasteiger partial charge in [0, 0.05) is 6.54 Å². The first-order valence-corrected chi connectivity index (χ1v) is 12.7. The normalized spacial score (nSPS) is 11.4. The van der Waals surface area contributed by atoms with Gasteiger partial charge in [0.05, 0.1) is 24.8 Å². The van der Waals surface area contributed by atoms with Crippen LogP contribution >= 0.6 is 0 Å². The fourth-order valence-electron chi connectivity index (χ4n) is 3.33. The van der Waals surface area contributed by atoms with E-state index in [4.69, 9.17) is 9.47 Å². The Morgan fingerprint density at radius 1 is 1.03 bits per heavy atom. The number of carbonyl (C=O) groups is 1. The summed E-state index contributed by atoms with van der Waals surface area (Å²) in [5.41, 5.74) is 4.04. The fourth-order valence-corrected chi connectivity index (χ4v) is 4.75. The Labute approximate surface area is 211 Å². The monoisotopic (exact) mass is 507 g/mol. The smallest absolute Gasteiger partial charge is 0.255 e. The number of benzene rings is 3. The van der Waals surface area contributed by atoms with Gasteiger partial charge < -0.3 is 9.47 Å². The van der Waals surface area contributed by atoms with Gasteiger partial charge in [0.2, 0.25) is 10.0 Å². The molecule has 0 aliphatic heterocycles. The molecule has 0 saturated carbocycles. The number of nitrogens with one attached hydrogen (secondary N) is 1. The molecule has 3 rings (SSSR count). The molecule has 8 nitrogen and oxygen atoms in total. The van der Waals surface area contributed by atoms with Crippen molar-refractivity contribution in [1.29, 1.82) is 0 Å². The van der Waals surface area contributed by atoms with Crippen molar-refractivity contribution in [2.24, 2.45) is 5.10 Å². The second-order valence-corrected chi connectivity index (χ2v) is 9.63. The lowest BCUT2D eigenvalue weighted by Gasteiger charge is -2.21. The van der Waals surface area contributed by atoms with Gasteiger partial charge in [-0.05, 0) is 47.9 Å². The zero-order valence-electron chi connectivity index (χ0n) is 20.0. The van der Waals surface area contributed by atoms with Crippen molar-refractivity contribution in [2.45, 2.75) is 11.3 Å². The van der Waals surface area contributed by atoms with E-state index in [1.54, 1.807) is 42.5 Å². The third kappa shape index (κ3) is 7.53. The van der Waals surface area contributed by atoms with Gasteiger partial charge in [-0.2, -0.15) is 9.41 Å². The molecule has 0 fully saturated rings. The highest BCUT2D eigenvalue weighted by molar-refractivity contribution is 7.89. The van der Waals surface area contributed by atoms with E-state index in [9.17, 15) is 13.2 Å². The lowest BCUT2D eigenvalue weighted by atomic mass is 10.1. The number of hydrogen-bond donors (Lipinski definition) is 1. The summed E-state index contributed by atoms with van der Waals surface area (Å²) in [7, 11) is -2.36. The Balaban J connectivity index is 1.69. The van der Waals surface area contributed by atoms with Crippen molar-refractivity contribution >= 4 is 22.1 Å². The van der Waals surface area contributed by atoms with Crippen LogP contribution in [-0.4, -0.2) is 51.7 Å². The number of rotatable bonds is 13. The largest absolute Gasteiger partial charge is 0.493 e. The van der Waals surface area contributed by atoms with Crippen LogP contribution in [0.2, 0.25) is 0 Å². The summed E-state index contributed by atoms with van der Waals surface area (Å²) in [4.78, 5) is 12.8. The van der Waals surface area contributed by atoms with Gasteiger partial charge in [-0.25, -0.2) is 13.8 Å². The topological polar surface area (TPSA) is 97.3 Å². The van der Waals surface area contributed by atoms with Gasteiger partial charge in [0.1, 0.15) is 6.61 Å². The second-order valence-electron chi connectivity index (χ2n) is 7.69. The lowest BCUT2D eigenvalue weighted by molar-refractivity contribution is -0.121. The van der Waals surface area contributed by atoms with Gasteiger partial charge in [0.15, 0.2) is 11.5 Å². The third-order valence-electron chi connectivity index (χ3n) is 5.14. The Hall–Kier alpha value is -3.95. The first-order chi connectivity index (χ1) is 17.4. The molecule has 0 aliphatic carbocycles.